The lowest BCUT2D eigenvalue weighted by Gasteiger charge is -2.56. The smallest absolute Gasteiger partial charge is 0.167 e. The van der Waals surface area contributed by atoms with Gasteiger partial charge < -0.3 is 9.84 Å². The number of aliphatic hydroxyl groups is 1. The molecule has 2 bridgehead atoms. The lowest BCUT2D eigenvalue weighted by molar-refractivity contribution is -0.151. The second-order valence-electron chi connectivity index (χ2n) is 6.83. The summed E-state index contributed by atoms with van der Waals surface area (Å²) in [4.78, 5) is 12.5. The Balaban J connectivity index is 2.67. The van der Waals surface area contributed by atoms with Crippen LogP contribution in [0.4, 0.5) is 0 Å². The molecule has 0 amide bonds. The van der Waals surface area contributed by atoms with Gasteiger partial charge in [0.25, 0.3) is 0 Å². The van der Waals surface area contributed by atoms with E-state index < -0.39 is 16.9 Å². The van der Waals surface area contributed by atoms with Gasteiger partial charge in [-0.15, -0.1) is 0 Å². The van der Waals surface area contributed by atoms with E-state index in [4.69, 9.17) is 4.74 Å². The van der Waals surface area contributed by atoms with Crippen LogP contribution in [-0.2, 0) is 9.53 Å². The normalized spacial score (nSPS) is 40.5. The van der Waals surface area contributed by atoms with E-state index in [1.54, 1.807) is 6.08 Å². The Morgan fingerprint density at radius 3 is 2.55 bits per heavy atom. The Hall–Kier alpha value is -1.09. The molecule has 112 valence electrons. The van der Waals surface area contributed by atoms with Crippen LogP contribution in [0.2, 0.25) is 0 Å². The van der Waals surface area contributed by atoms with Crippen molar-refractivity contribution in [1.82, 2.24) is 0 Å². The Morgan fingerprint density at radius 1 is 1.45 bits per heavy atom. The van der Waals surface area contributed by atoms with Gasteiger partial charge in [-0.25, -0.2) is 0 Å². The minimum atomic E-state index is -0.728. The molecule has 1 saturated carbocycles. The molecule has 4 atom stereocenters. The second kappa shape index (κ2) is 4.73. The van der Waals surface area contributed by atoms with Crippen LogP contribution >= 0.6 is 0 Å². The number of fused-ring (bicyclic) bond motifs is 2. The number of aliphatic hydroxyl groups excluding tert-OH is 1. The van der Waals surface area contributed by atoms with Gasteiger partial charge in [-0.05, 0) is 47.0 Å². The molecule has 20 heavy (non-hydrogen) atoms. The maximum atomic E-state index is 12.5. The predicted octanol–water partition coefficient (Wildman–Crippen LogP) is 3.24. The van der Waals surface area contributed by atoms with Crippen molar-refractivity contribution in [3.05, 3.63) is 23.0 Å². The Bertz CT molecular complexity index is 498. The molecule has 1 fully saturated rings. The maximum absolute atomic E-state index is 12.5. The molecule has 3 nitrogen and oxygen atoms in total. The van der Waals surface area contributed by atoms with Crippen LogP contribution in [0, 0.1) is 16.7 Å². The second-order valence-corrected chi connectivity index (χ2v) is 6.83. The number of ketones is 1. The summed E-state index contributed by atoms with van der Waals surface area (Å²) in [6, 6.07) is 0. The van der Waals surface area contributed by atoms with Gasteiger partial charge in [0.05, 0.1) is 23.5 Å². The fraction of sp³-hybridized carbons (Fsp3) is 0.706. The SMILES string of the molecule is CCOC1=CC(=O)[C@]2(C)CC(=C(C)C)[C@@H](C)[C@@]1(C)[C@H]2O. The highest BCUT2D eigenvalue weighted by Gasteiger charge is 2.61. The van der Waals surface area contributed by atoms with Crippen molar-refractivity contribution in [3.8, 4) is 0 Å². The van der Waals surface area contributed by atoms with Crippen molar-refractivity contribution < 1.29 is 14.6 Å². The fourth-order valence-corrected chi connectivity index (χ4v) is 3.88. The molecular formula is C17H26O3. The first-order chi connectivity index (χ1) is 9.19. The number of ether oxygens (including phenoxy) is 1. The highest BCUT2D eigenvalue weighted by Crippen LogP contribution is 2.59. The summed E-state index contributed by atoms with van der Waals surface area (Å²) >= 11 is 0. The van der Waals surface area contributed by atoms with E-state index in [1.165, 1.54) is 11.1 Å². The monoisotopic (exact) mass is 278 g/mol. The molecule has 0 aliphatic heterocycles. The van der Waals surface area contributed by atoms with Gasteiger partial charge in [-0.3, -0.25) is 4.79 Å². The molecular weight excluding hydrogens is 252 g/mol. The van der Waals surface area contributed by atoms with Crippen LogP contribution < -0.4 is 0 Å². The molecule has 3 heteroatoms. The van der Waals surface area contributed by atoms with E-state index in [1.807, 2.05) is 20.8 Å². The van der Waals surface area contributed by atoms with Gasteiger partial charge in [-0.2, -0.15) is 0 Å². The van der Waals surface area contributed by atoms with Crippen LogP contribution in [0.15, 0.2) is 23.0 Å². The van der Waals surface area contributed by atoms with Crippen LogP contribution in [-0.4, -0.2) is 23.6 Å². The lowest BCUT2D eigenvalue weighted by atomic mass is 9.50. The average Bonchev–Trinajstić information content (AvgIpc) is 2.38. The number of carbonyl (C=O) groups excluding carboxylic acids is 1. The molecule has 0 aromatic rings. The molecule has 1 N–H and O–H groups in total. The maximum Gasteiger partial charge on any atom is 0.167 e. The van der Waals surface area contributed by atoms with Crippen molar-refractivity contribution in [2.24, 2.45) is 16.7 Å². The third-order valence-electron chi connectivity index (χ3n) is 5.45. The van der Waals surface area contributed by atoms with Crippen molar-refractivity contribution in [1.29, 1.82) is 0 Å². The summed E-state index contributed by atoms with van der Waals surface area (Å²) in [5.74, 6) is 0.791. The molecule has 0 aromatic carbocycles. The first-order valence-electron chi connectivity index (χ1n) is 7.43. The third kappa shape index (κ3) is 1.79. The average molecular weight is 278 g/mol. The predicted molar refractivity (Wildman–Crippen MR) is 79.1 cm³/mol. The van der Waals surface area contributed by atoms with Gasteiger partial charge in [-0.1, -0.05) is 18.1 Å². The Kier molecular flexibility index (Phi) is 3.62. The zero-order valence-corrected chi connectivity index (χ0v) is 13.4. The first kappa shape index (κ1) is 15.3. The minimum Gasteiger partial charge on any atom is -0.497 e. The van der Waals surface area contributed by atoms with E-state index in [0.29, 0.717) is 18.8 Å². The van der Waals surface area contributed by atoms with Crippen molar-refractivity contribution >= 4 is 5.78 Å². The Morgan fingerprint density at radius 2 is 2.05 bits per heavy atom. The zero-order chi connectivity index (χ0) is 15.3. The van der Waals surface area contributed by atoms with Gasteiger partial charge in [0, 0.05) is 6.08 Å². The Labute approximate surface area is 121 Å². The third-order valence-corrected chi connectivity index (χ3v) is 5.45. The largest absolute Gasteiger partial charge is 0.497 e. The summed E-state index contributed by atoms with van der Waals surface area (Å²) in [5.41, 5.74) is 1.27. The number of hydrogen-bond donors (Lipinski definition) is 1. The fourth-order valence-electron chi connectivity index (χ4n) is 3.88. The van der Waals surface area contributed by atoms with Crippen LogP contribution in [0.1, 0.15) is 48.0 Å². The number of allylic oxidation sites excluding steroid dienone is 3. The van der Waals surface area contributed by atoms with Gasteiger partial charge in [0.2, 0.25) is 0 Å². The summed E-state index contributed by atoms with van der Waals surface area (Å²) in [6.45, 7) is 12.6. The van der Waals surface area contributed by atoms with Gasteiger partial charge in [0.1, 0.15) is 5.76 Å². The van der Waals surface area contributed by atoms with Gasteiger partial charge in [0.15, 0.2) is 5.78 Å². The number of rotatable bonds is 2. The number of hydrogen-bond acceptors (Lipinski definition) is 3. The van der Waals surface area contributed by atoms with E-state index in [2.05, 4.69) is 20.8 Å². The van der Waals surface area contributed by atoms with E-state index in [-0.39, 0.29) is 11.7 Å². The molecule has 0 saturated heterocycles. The highest BCUT2D eigenvalue weighted by atomic mass is 16.5. The summed E-state index contributed by atoms with van der Waals surface area (Å²) in [6.07, 6.45) is 1.56. The van der Waals surface area contributed by atoms with E-state index in [9.17, 15) is 9.90 Å². The van der Waals surface area contributed by atoms with Crippen molar-refractivity contribution in [3.63, 3.8) is 0 Å². The molecule has 0 unspecified atom stereocenters. The molecule has 0 radical (unpaired) electrons. The zero-order valence-electron chi connectivity index (χ0n) is 13.4. The molecule has 2 aliphatic rings. The number of carbonyl (C=O) groups is 1. The van der Waals surface area contributed by atoms with Gasteiger partial charge >= 0.3 is 0 Å². The molecule has 2 rings (SSSR count). The van der Waals surface area contributed by atoms with Crippen molar-refractivity contribution in [2.75, 3.05) is 6.61 Å². The molecule has 2 aliphatic carbocycles. The molecule has 0 heterocycles. The summed E-state index contributed by atoms with van der Waals surface area (Å²) in [7, 11) is 0. The highest BCUT2D eigenvalue weighted by molar-refractivity contribution is 5.97. The molecule has 0 aromatic heterocycles. The van der Waals surface area contributed by atoms with Crippen LogP contribution in [0.3, 0.4) is 0 Å². The quantitative estimate of drug-likeness (QED) is 0.789. The topological polar surface area (TPSA) is 46.5 Å². The minimum absolute atomic E-state index is 0.0171. The summed E-state index contributed by atoms with van der Waals surface area (Å²) in [5, 5.41) is 10.9. The molecule has 0 spiro atoms. The van der Waals surface area contributed by atoms with E-state index in [0.717, 1.165) is 0 Å². The van der Waals surface area contributed by atoms with Crippen LogP contribution in [0.5, 0.6) is 0 Å². The van der Waals surface area contributed by atoms with Crippen LogP contribution in [0.25, 0.3) is 0 Å². The van der Waals surface area contributed by atoms with Crippen molar-refractivity contribution in [2.45, 2.75) is 54.1 Å². The standard InChI is InChI=1S/C17H26O3/c1-7-20-14-8-13(18)16(5)9-12(10(2)3)11(4)17(14,6)15(16)19/h8,11,15,19H,7,9H2,1-6H3/t11-,15+,16+,17-/m1/s1. The lowest BCUT2D eigenvalue weighted by Crippen LogP contribution is -2.59. The summed E-state index contributed by atoms with van der Waals surface area (Å²) < 4.78 is 5.71. The van der Waals surface area contributed by atoms with E-state index >= 15 is 0 Å². The first-order valence-corrected chi connectivity index (χ1v) is 7.43.